The molecule has 0 saturated heterocycles. The summed E-state index contributed by atoms with van der Waals surface area (Å²) in [4.78, 5) is 0. The summed E-state index contributed by atoms with van der Waals surface area (Å²) < 4.78 is 1.59. The topological polar surface area (TPSA) is 67.5 Å². The standard InChI is InChI=1S/C14H14N6/c1-2-11-3-5-12(6-4-11)9-15-17-13-7-8-14-18-16-10-20(14)19-13/h3-10H,2H2,1H3,(H,17,19). The van der Waals surface area contributed by atoms with Crippen LogP contribution < -0.4 is 5.43 Å². The van der Waals surface area contributed by atoms with Crippen molar-refractivity contribution >= 4 is 17.7 Å². The van der Waals surface area contributed by atoms with Gasteiger partial charge in [0.2, 0.25) is 0 Å². The Labute approximate surface area is 116 Å². The molecule has 0 aliphatic heterocycles. The lowest BCUT2D eigenvalue weighted by molar-refractivity contribution is 0.925. The maximum absolute atomic E-state index is 4.26. The van der Waals surface area contributed by atoms with Crippen LogP contribution in [0.3, 0.4) is 0 Å². The van der Waals surface area contributed by atoms with Gasteiger partial charge >= 0.3 is 0 Å². The summed E-state index contributed by atoms with van der Waals surface area (Å²) in [5.74, 6) is 0.638. The van der Waals surface area contributed by atoms with Crippen LogP contribution >= 0.6 is 0 Å². The minimum Gasteiger partial charge on any atom is -0.260 e. The Hall–Kier alpha value is -2.76. The fraction of sp³-hybridized carbons (Fsp3) is 0.143. The molecule has 6 heteroatoms. The zero-order valence-corrected chi connectivity index (χ0v) is 11.1. The predicted octanol–water partition coefficient (Wildman–Crippen LogP) is 2.13. The van der Waals surface area contributed by atoms with Crippen molar-refractivity contribution in [3.8, 4) is 0 Å². The number of hydrazone groups is 1. The number of nitrogens with one attached hydrogen (secondary N) is 1. The SMILES string of the molecule is CCc1ccc(C=NNc2ccc3nncn3n2)cc1. The number of aromatic nitrogens is 4. The Morgan fingerprint density at radius 3 is 2.85 bits per heavy atom. The first-order valence-corrected chi connectivity index (χ1v) is 6.40. The number of anilines is 1. The van der Waals surface area contributed by atoms with Gasteiger partial charge in [0, 0.05) is 0 Å². The fourth-order valence-corrected chi connectivity index (χ4v) is 1.80. The maximum Gasteiger partial charge on any atom is 0.177 e. The molecule has 1 N–H and O–H groups in total. The molecule has 2 heterocycles. The minimum atomic E-state index is 0.638. The number of benzene rings is 1. The van der Waals surface area contributed by atoms with Crippen LogP contribution in [0.15, 0.2) is 47.8 Å². The smallest absolute Gasteiger partial charge is 0.177 e. The average Bonchev–Trinajstić information content (AvgIpc) is 2.95. The molecular formula is C14H14N6. The van der Waals surface area contributed by atoms with Gasteiger partial charge in [-0.15, -0.1) is 15.3 Å². The van der Waals surface area contributed by atoms with Crippen LogP contribution in [0.4, 0.5) is 5.82 Å². The number of fused-ring (bicyclic) bond motifs is 1. The number of hydrogen-bond donors (Lipinski definition) is 1. The van der Waals surface area contributed by atoms with E-state index in [0.29, 0.717) is 11.5 Å². The Morgan fingerprint density at radius 2 is 2.05 bits per heavy atom. The van der Waals surface area contributed by atoms with Crippen LogP contribution in [0.1, 0.15) is 18.1 Å². The summed E-state index contributed by atoms with van der Waals surface area (Å²) in [5, 5.41) is 16.1. The van der Waals surface area contributed by atoms with Crippen LogP contribution in [-0.4, -0.2) is 26.0 Å². The molecule has 100 valence electrons. The van der Waals surface area contributed by atoms with Gasteiger partial charge < -0.3 is 0 Å². The van der Waals surface area contributed by atoms with Crippen molar-refractivity contribution in [2.24, 2.45) is 5.10 Å². The summed E-state index contributed by atoms with van der Waals surface area (Å²) in [7, 11) is 0. The molecule has 0 amide bonds. The van der Waals surface area contributed by atoms with Crippen LogP contribution in [0.2, 0.25) is 0 Å². The van der Waals surface area contributed by atoms with E-state index in [9.17, 15) is 0 Å². The van der Waals surface area contributed by atoms with Crippen molar-refractivity contribution in [1.82, 2.24) is 19.8 Å². The first-order chi connectivity index (χ1) is 9.85. The van der Waals surface area contributed by atoms with Crippen LogP contribution in [0.5, 0.6) is 0 Å². The highest BCUT2D eigenvalue weighted by molar-refractivity contribution is 5.80. The first kappa shape index (κ1) is 12.3. The van der Waals surface area contributed by atoms with Gasteiger partial charge in [0.25, 0.3) is 0 Å². The second-order valence-corrected chi connectivity index (χ2v) is 4.32. The largest absolute Gasteiger partial charge is 0.260 e. The lowest BCUT2D eigenvalue weighted by Gasteiger charge is -2.00. The normalized spacial score (nSPS) is 11.2. The molecule has 0 spiro atoms. The second kappa shape index (κ2) is 5.48. The van der Waals surface area contributed by atoms with Crippen LogP contribution in [0.25, 0.3) is 5.65 Å². The van der Waals surface area contributed by atoms with E-state index in [-0.39, 0.29) is 0 Å². The molecule has 3 aromatic rings. The Balaban J connectivity index is 1.69. The molecule has 0 aliphatic rings. The molecule has 0 fully saturated rings. The van der Waals surface area contributed by atoms with Crippen molar-refractivity contribution in [2.45, 2.75) is 13.3 Å². The monoisotopic (exact) mass is 266 g/mol. The van der Waals surface area contributed by atoms with Gasteiger partial charge in [-0.25, -0.2) is 0 Å². The van der Waals surface area contributed by atoms with E-state index in [4.69, 9.17) is 0 Å². The van der Waals surface area contributed by atoms with E-state index in [2.05, 4.69) is 44.9 Å². The minimum absolute atomic E-state index is 0.638. The lowest BCUT2D eigenvalue weighted by Crippen LogP contribution is -1.98. The molecule has 0 atom stereocenters. The zero-order valence-electron chi connectivity index (χ0n) is 11.1. The van der Waals surface area contributed by atoms with E-state index >= 15 is 0 Å². The van der Waals surface area contributed by atoms with Gasteiger partial charge in [-0.2, -0.15) is 9.62 Å². The maximum atomic E-state index is 4.26. The van der Waals surface area contributed by atoms with Crippen LogP contribution in [-0.2, 0) is 6.42 Å². The Morgan fingerprint density at radius 1 is 1.20 bits per heavy atom. The van der Waals surface area contributed by atoms with E-state index in [0.717, 1.165) is 12.0 Å². The van der Waals surface area contributed by atoms with Crippen molar-refractivity contribution < 1.29 is 0 Å². The quantitative estimate of drug-likeness (QED) is 0.580. The molecule has 20 heavy (non-hydrogen) atoms. The molecular weight excluding hydrogens is 252 g/mol. The summed E-state index contributed by atoms with van der Waals surface area (Å²) in [6.07, 6.45) is 4.35. The highest BCUT2D eigenvalue weighted by atomic mass is 15.4. The Kier molecular flexibility index (Phi) is 3.36. The van der Waals surface area contributed by atoms with Gasteiger partial charge in [0.05, 0.1) is 6.21 Å². The molecule has 0 bridgehead atoms. The molecule has 2 aromatic heterocycles. The predicted molar refractivity (Wildman–Crippen MR) is 77.8 cm³/mol. The third kappa shape index (κ3) is 2.64. The first-order valence-electron chi connectivity index (χ1n) is 6.40. The van der Waals surface area contributed by atoms with Gasteiger partial charge in [-0.3, -0.25) is 5.43 Å². The van der Waals surface area contributed by atoms with Crippen LogP contribution in [0, 0.1) is 0 Å². The summed E-state index contributed by atoms with van der Waals surface area (Å²) in [5.41, 5.74) is 5.95. The number of rotatable bonds is 4. The molecule has 0 unspecified atom stereocenters. The Bertz CT molecular complexity index is 729. The molecule has 1 aromatic carbocycles. The summed E-state index contributed by atoms with van der Waals surface area (Å²) >= 11 is 0. The molecule has 0 aliphatic carbocycles. The third-order valence-electron chi connectivity index (χ3n) is 2.94. The van der Waals surface area contributed by atoms with Gasteiger partial charge in [-0.1, -0.05) is 31.2 Å². The third-order valence-corrected chi connectivity index (χ3v) is 2.94. The molecule has 6 nitrogen and oxygen atoms in total. The van der Waals surface area contributed by atoms with Gasteiger partial charge in [-0.05, 0) is 29.7 Å². The number of aryl methyl sites for hydroxylation is 1. The van der Waals surface area contributed by atoms with E-state index in [1.54, 1.807) is 17.1 Å². The molecule has 0 saturated carbocycles. The van der Waals surface area contributed by atoms with E-state index in [1.165, 1.54) is 5.56 Å². The second-order valence-electron chi connectivity index (χ2n) is 4.32. The molecule has 3 rings (SSSR count). The fourth-order valence-electron chi connectivity index (χ4n) is 1.80. The highest BCUT2D eigenvalue weighted by Crippen LogP contribution is 2.05. The van der Waals surface area contributed by atoms with Gasteiger partial charge in [0.1, 0.15) is 6.33 Å². The highest BCUT2D eigenvalue weighted by Gasteiger charge is 1.97. The zero-order chi connectivity index (χ0) is 13.8. The summed E-state index contributed by atoms with van der Waals surface area (Å²) in [6.45, 7) is 2.14. The van der Waals surface area contributed by atoms with E-state index < -0.39 is 0 Å². The van der Waals surface area contributed by atoms with E-state index in [1.807, 2.05) is 24.3 Å². The summed E-state index contributed by atoms with van der Waals surface area (Å²) in [6, 6.07) is 11.9. The van der Waals surface area contributed by atoms with Crippen molar-refractivity contribution in [1.29, 1.82) is 0 Å². The van der Waals surface area contributed by atoms with Crippen molar-refractivity contribution in [2.75, 3.05) is 5.43 Å². The van der Waals surface area contributed by atoms with Crippen molar-refractivity contribution in [3.63, 3.8) is 0 Å². The van der Waals surface area contributed by atoms with Gasteiger partial charge in [0.15, 0.2) is 11.5 Å². The average molecular weight is 266 g/mol. The lowest BCUT2D eigenvalue weighted by atomic mass is 10.1. The number of hydrogen-bond acceptors (Lipinski definition) is 5. The number of nitrogens with zero attached hydrogens (tertiary/aromatic N) is 5. The molecule has 0 radical (unpaired) electrons. The van der Waals surface area contributed by atoms with Crippen molar-refractivity contribution in [3.05, 3.63) is 53.9 Å².